The molecule has 6 heteroatoms. The number of aliphatic hydroxyl groups excluding tert-OH is 1. The van der Waals surface area contributed by atoms with Gasteiger partial charge in [0.25, 0.3) is 11.7 Å². The van der Waals surface area contributed by atoms with Gasteiger partial charge < -0.3 is 5.11 Å². The Hall–Kier alpha value is -3.44. The number of Topliss-reactive ketones (excluding diaryl/α,β-unsaturated/α-hetero) is 1. The van der Waals surface area contributed by atoms with Gasteiger partial charge in [0.15, 0.2) is 0 Å². The molecule has 2 aromatic carbocycles. The summed E-state index contributed by atoms with van der Waals surface area (Å²) in [6.45, 7) is 0. The van der Waals surface area contributed by atoms with Crippen LogP contribution in [0.1, 0.15) is 17.2 Å². The number of hydrogen-bond acceptors (Lipinski definition) is 4. The summed E-state index contributed by atoms with van der Waals surface area (Å²) in [7, 11) is 0. The number of aliphatic hydroxyl groups is 1. The molecule has 1 saturated heterocycles. The van der Waals surface area contributed by atoms with Crippen molar-refractivity contribution < 1.29 is 14.7 Å². The Morgan fingerprint density at radius 2 is 1.57 bits per heavy atom. The maximum Gasteiger partial charge on any atom is 0.300 e. The number of anilines is 1. The summed E-state index contributed by atoms with van der Waals surface area (Å²) < 4.78 is 0. The van der Waals surface area contributed by atoms with E-state index in [1.165, 1.54) is 17.3 Å². The van der Waals surface area contributed by atoms with Crippen LogP contribution in [0.4, 0.5) is 5.69 Å². The second kappa shape index (κ2) is 7.29. The van der Waals surface area contributed by atoms with Gasteiger partial charge in [-0.15, -0.1) is 0 Å². The Morgan fingerprint density at radius 1 is 0.929 bits per heavy atom. The van der Waals surface area contributed by atoms with E-state index in [1.54, 1.807) is 60.7 Å². The van der Waals surface area contributed by atoms with Crippen molar-refractivity contribution in [3.8, 4) is 0 Å². The van der Waals surface area contributed by atoms with Crippen molar-refractivity contribution in [2.45, 2.75) is 6.04 Å². The third kappa shape index (κ3) is 3.06. The number of rotatable bonds is 3. The van der Waals surface area contributed by atoms with Crippen molar-refractivity contribution in [2.24, 2.45) is 0 Å². The largest absolute Gasteiger partial charge is 0.507 e. The first-order chi connectivity index (χ1) is 13.6. The molecule has 1 aliphatic heterocycles. The van der Waals surface area contributed by atoms with Crippen LogP contribution in [0.2, 0.25) is 5.02 Å². The second-order valence-electron chi connectivity index (χ2n) is 6.29. The Morgan fingerprint density at radius 3 is 2.21 bits per heavy atom. The average Bonchev–Trinajstić information content (AvgIpc) is 3.00. The van der Waals surface area contributed by atoms with E-state index in [2.05, 4.69) is 4.98 Å². The summed E-state index contributed by atoms with van der Waals surface area (Å²) in [6, 6.07) is 18.2. The van der Waals surface area contributed by atoms with E-state index in [-0.39, 0.29) is 11.3 Å². The highest BCUT2D eigenvalue weighted by Gasteiger charge is 2.46. The molecule has 0 bridgehead atoms. The fourth-order valence-electron chi connectivity index (χ4n) is 3.31. The molecule has 2 heterocycles. The number of pyridine rings is 1. The lowest BCUT2D eigenvalue weighted by molar-refractivity contribution is -0.132. The summed E-state index contributed by atoms with van der Waals surface area (Å²) in [6.07, 6.45) is 3.03. The third-order valence-corrected chi connectivity index (χ3v) is 4.87. The summed E-state index contributed by atoms with van der Waals surface area (Å²) >= 11 is 6.01. The molecule has 5 nitrogen and oxygen atoms in total. The molecule has 1 amide bonds. The first kappa shape index (κ1) is 17.9. The van der Waals surface area contributed by atoms with Crippen LogP contribution in [0.3, 0.4) is 0 Å². The van der Waals surface area contributed by atoms with Gasteiger partial charge in [0.1, 0.15) is 5.76 Å². The Bertz CT molecular complexity index is 1060. The van der Waals surface area contributed by atoms with Gasteiger partial charge in [0.05, 0.1) is 11.6 Å². The molecule has 1 unspecified atom stereocenters. The van der Waals surface area contributed by atoms with E-state index in [0.717, 1.165) is 0 Å². The van der Waals surface area contributed by atoms with Gasteiger partial charge in [-0.25, -0.2) is 0 Å². The molecule has 4 rings (SSSR count). The number of nitrogens with zero attached hydrogens (tertiary/aromatic N) is 2. The maximum atomic E-state index is 12.9. The van der Waals surface area contributed by atoms with Crippen LogP contribution in [0.15, 0.2) is 84.7 Å². The molecular weight excluding hydrogens is 376 g/mol. The zero-order valence-corrected chi connectivity index (χ0v) is 15.4. The monoisotopic (exact) mass is 390 g/mol. The van der Waals surface area contributed by atoms with Crippen molar-refractivity contribution in [2.75, 3.05) is 4.90 Å². The smallest absolute Gasteiger partial charge is 0.300 e. The molecule has 28 heavy (non-hydrogen) atoms. The van der Waals surface area contributed by atoms with Gasteiger partial charge in [0, 0.05) is 28.7 Å². The lowest BCUT2D eigenvalue weighted by Gasteiger charge is -2.25. The number of benzene rings is 2. The van der Waals surface area contributed by atoms with Gasteiger partial charge in [-0.05, 0) is 42.0 Å². The van der Waals surface area contributed by atoms with Gasteiger partial charge in [-0.1, -0.05) is 41.9 Å². The van der Waals surface area contributed by atoms with Crippen molar-refractivity contribution >= 4 is 34.7 Å². The minimum atomic E-state index is -0.771. The number of aromatic nitrogens is 1. The molecule has 3 aromatic rings. The lowest BCUT2D eigenvalue weighted by atomic mass is 9.95. The molecule has 138 valence electrons. The van der Waals surface area contributed by atoms with E-state index in [1.807, 2.05) is 6.07 Å². The minimum absolute atomic E-state index is 0.0300. The molecule has 1 fully saturated rings. The lowest BCUT2D eigenvalue weighted by Crippen LogP contribution is -2.29. The quantitative estimate of drug-likeness (QED) is 0.410. The van der Waals surface area contributed by atoms with Crippen LogP contribution in [-0.2, 0) is 9.59 Å². The molecule has 1 aromatic heterocycles. The Balaban J connectivity index is 1.95. The van der Waals surface area contributed by atoms with Crippen LogP contribution in [0.25, 0.3) is 5.76 Å². The zero-order valence-electron chi connectivity index (χ0n) is 14.6. The number of halogens is 1. The van der Waals surface area contributed by atoms with Crippen LogP contribution in [0, 0.1) is 0 Å². The van der Waals surface area contributed by atoms with Crippen molar-refractivity contribution in [1.82, 2.24) is 4.98 Å². The van der Waals surface area contributed by atoms with Gasteiger partial charge in [-0.3, -0.25) is 19.5 Å². The highest BCUT2D eigenvalue weighted by atomic mass is 35.5. The third-order valence-electron chi connectivity index (χ3n) is 4.62. The van der Waals surface area contributed by atoms with E-state index >= 15 is 0 Å². The number of carbonyl (C=O) groups is 2. The van der Waals surface area contributed by atoms with Gasteiger partial charge in [0.2, 0.25) is 0 Å². The fourth-order valence-corrected chi connectivity index (χ4v) is 3.44. The van der Waals surface area contributed by atoms with E-state index in [9.17, 15) is 14.7 Å². The SMILES string of the molecule is O=C1C(=O)N(c2ccccc2)C(c2ccc(Cl)cc2)/C1=C(/O)c1ccncc1. The number of amides is 1. The summed E-state index contributed by atoms with van der Waals surface area (Å²) in [4.78, 5) is 31.1. The number of carbonyl (C=O) groups excluding carboxylic acids is 2. The highest BCUT2D eigenvalue weighted by Crippen LogP contribution is 2.42. The molecule has 0 aliphatic carbocycles. The standard InChI is InChI=1S/C22H15ClN2O3/c23-16-8-6-14(7-9-16)19-18(20(26)15-10-12-24-13-11-15)21(27)22(28)25(19)17-4-2-1-3-5-17/h1-13,19,26H/b20-18-. The first-order valence-electron chi connectivity index (χ1n) is 8.60. The van der Waals surface area contributed by atoms with E-state index < -0.39 is 17.7 Å². The predicted octanol–water partition coefficient (Wildman–Crippen LogP) is 4.36. The van der Waals surface area contributed by atoms with Crippen molar-refractivity contribution in [3.63, 3.8) is 0 Å². The summed E-state index contributed by atoms with van der Waals surface area (Å²) in [5.74, 6) is -1.67. The highest BCUT2D eigenvalue weighted by molar-refractivity contribution is 6.51. The molecule has 1 atom stereocenters. The first-order valence-corrected chi connectivity index (χ1v) is 8.97. The van der Waals surface area contributed by atoms with Gasteiger partial charge >= 0.3 is 0 Å². The fraction of sp³-hybridized carbons (Fsp3) is 0.0455. The molecule has 1 aliphatic rings. The average molecular weight is 391 g/mol. The number of para-hydroxylation sites is 1. The second-order valence-corrected chi connectivity index (χ2v) is 6.73. The number of ketones is 1. The maximum absolute atomic E-state index is 12.9. The van der Waals surface area contributed by atoms with Crippen LogP contribution in [0.5, 0.6) is 0 Å². The van der Waals surface area contributed by atoms with Crippen molar-refractivity contribution in [3.05, 3.63) is 101 Å². The van der Waals surface area contributed by atoms with Crippen LogP contribution < -0.4 is 4.90 Å². The van der Waals surface area contributed by atoms with E-state index in [0.29, 0.717) is 21.8 Å². The van der Waals surface area contributed by atoms with E-state index in [4.69, 9.17) is 11.6 Å². The minimum Gasteiger partial charge on any atom is -0.507 e. The zero-order chi connectivity index (χ0) is 19.7. The molecular formula is C22H15ClN2O3. The van der Waals surface area contributed by atoms with Gasteiger partial charge in [-0.2, -0.15) is 0 Å². The van der Waals surface area contributed by atoms with Crippen molar-refractivity contribution in [1.29, 1.82) is 0 Å². The molecule has 0 spiro atoms. The predicted molar refractivity (Wildman–Crippen MR) is 107 cm³/mol. The Labute approximate surface area is 166 Å². The van der Waals surface area contributed by atoms with Crippen LogP contribution in [-0.4, -0.2) is 21.8 Å². The summed E-state index contributed by atoms with van der Waals surface area (Å²) in [5.41, 5.74) is 1.68. The summed E-state index contributed by atoms with van der Waals surface area (Å²) in [5, 5.41) is 11.4. The van der Waals surface area contributed by atoms with Crippen LogP contribution >= 0.6 is 11.6 Å². The molecule has 0 radical (unpaired) electrons. The normalized spacial score (nSPS) is 18.5. The Kier molecular flexibility index (Phi) is 4.67. The molecule has 1 N–H and O–H groups in total. The molecule has 0 saturated carbocycles. The topological polar surface area (TPSA) is 70.5 Å². The number of hydrogen-bond donors (Lipinski definition) is 1.